The third-order valence-electron chi connectivity index (χ3n) is 5.35. The van der Waals surface area contributed by atoms with E-state index in [9.17, 15) is 9.59 Å². The highest BCUT2D eigenvalue weighted by molar-refractivity contribution is 6.01. The number of hydrogen-bond acceptors (Lipinski definition) is 4. The van der Waals surface area contributed by atoms with E-state index in [2.05, 4.69) is 15.6 Å². The molecule has 0 unspecified atom stereocenters. The van der Waals surface area contributed by atoms with Crippen molar-refractivity contribution in [3.63, 3.8) is 0 Å². The van der Waals surface area contributed by atoms with Gasteiger partial charge in [-0.1, -0.05) is 48.5 Å². The van der Waals surface area contributed by atoms with Crippen molar-refractivity contribution in [3.8, 4) is 22.6 Å². The Morgan fingerprint density at radius 1 is 0.909 bits per heavy atom. The van der Waals surface area contributed by atoms with E-state index in [1.54, 1.807) is 12.1 Å². The van der Waals surface area contributed by atoms with Crippen molar-refractivity contribution in [2.75, 3.05) is 5.32 Å². The van der Waals surface area contributed by atoms with Crippen LogP contribution >= 0.6 is 0 Å². The summed E-state index contributed by atoms with van der Waals surface area (Å²) in [5.41, 5.74) is 5.69. The molecule has 166 valence electrons. The largest absolute Gasteiger partial charge is 0.441 e. The molecular weight excluding hydrogens is 414 g/mol. The SMILES string of the molecule is CC(=O)Nc1cccc(-c2nc(CNC(=O)c3ccccc3-c3ccccc3C)c(C)o2)c1. The quantitative estimate of drug-likeness (QED) is 0.415. The number of anilines is 1. The minimum absolute atomic E-state index is 0.148. The number of hydrogen-bond donors (Lipinski definition) is 2. The van der Waals surface area contributed by atoms with E-state index in [4.69, 9.17) is 4.42 Å². The Morgan fingerprint density at radius 3 is 2.39 bits per heavy atom. The molecule has 0 aliphatic carbocycles. The van der Waals surface area contributed by atoms with Crippen molar-refractivity contribution < 1.29 is 14.0 Å². The van der Waals surface area contributed by atoms with Gasteiger partial charge in [0.2, 0.25) is 11.8 Å². The minimum Gasteiger partial charge on any atom is -0.441 e. The third kappa shape index (κ3) is 5.01. The molecule has 0 bridgehead atoms. The Hall–Kier alpha value is -4.19. The summed E-state index contributed by atoms with van der Waals surface area (Å²) < 4.78 is 5.83. The molecule has 2 N–H and O–H groups in total. The fourth-order valence-electron chi connectivity index (χ4n) is 3.70. The van der Waals surface area contributed by atoms with Crippen molar-refractivity contribution >= 4 is 17.5 Å². The van der Waals surface area contributed by atoms with Crippen molar-refractivity contribution in [1.82, 2.24) is 10.3 Å². The van der Waals surface area contributed by atoms with E-state index in [0.717, 1.165) is 22.3 Å². The number of amides is 2. The van der Waals surface area contributed by atoms with E-state index in [-0.39, 0.29) is 18.4 Å². The molecule has 1 heterocycles. The van der Waals surface area contributed by atoms with Gasteiger partial charge in [-0.25, -0.2) is 4.98 Å². The zero-order valence-electron chi connectivity index (χ0n) is 18.8. The Morgan fingerprint density at radius 2 is 1.64 bits per heavy atom. The number of aryl methyl sites for hydroxylation is 2. The highest BCUT2D eigenvalue weighted by Crippen LogP contribution is 2.27. The number of nitrogens with one attached hydrogen (secondary N) is 2. The van der Waals surface area contributed by atoms with Gasteiger partial charge in [-0.05, 0) is 54.8 Å². The predicted octanol–water partition coefficient (Wildman–Crippen LogP) is 5.51. The number of carbonyl (C=O) groups excluding carboxylic acids is 2. The first kappa shape index (κ1) is 22.0. The van der Waals surface area contributed by atoms with Crippen LogP contribution in [-0.4, -0.2) is 16.8 Å². The number of nitrogens with zero attached hydrogens (tertiary/aromatic N) is 1. The molecule has 0 saturated heterocycles. The van der Waals surface area contributed by atoms with Crippen molar-refractivity contribution in [2.24, 2.45) is 0 Å². The number of oxazole rings is 1. The average molecular weight is 440 g/mol. The number of carbonyl (C=O) groups is 2. The maximum atomic E-state index is 13.0. The Labute approximate surface area is 192 Å². The molecule has 0 radical (unpaired) electrons. The van der Waals surface area contributed by atoms with Crippen molar-refractivity contribution in [3.05, 3.63) is 95.4 Å². The summed E-state index contributed by atoms with van der Waals surface area (Å²) in [6.07, 6.45) is 0. The fraction of sp³-hybridized carbons (Fsp3) is 0.148. The van der Waals surface area contributed by atoms with Gasteiger partial charge in [-0.2, -0.15) is 0 Å². The highest BCUT2D eigenvalue weighted by Gasteiger charge is 2.16. The van der Waals surface area contributed by atoms with Gasteiger partial charge in [0.1, 0.15) is 11.5 Å². The predicted molar refractivity (Wildman–Crippen MR) is 129 cm³/mol. The maximum absolute atomic E-state index is 13.0. The summed E-state index contributed by atoms with van der Waals surface area (Å²) in [4.78, 5) is 28.9. The Balaban J connectivity index is 1.53. The van der Waals surface area contributed by atoms with Crippen molar-refractivity contribution in [2.45, 2.75) is 27.3 Å². The summed E-state index contributed by atoms with van der Waals surface area (Å²) in [5.74, 6) is 0.738. The van der Waals surface area contributed by atoms with Crippen LogP contribution in [0.15, 0.2) is 77.2 Å². The van der Waals surface area contributed by atoms with Crippen LogP contribution in [-0.2, 0) is 11.3 Å². The fourth-order valence-corrected chi connectivity index (χ4v) is 3.70. The number of benzene rings is 3. The lowest BCUT2D eigenvalue weighted by atomic mass is 9.95. The number of aromatic nitrogens is 1. The van der Waals surface area contributed by atoms with Gasteiger partial charge in [-0.3, -0.25) is 9.59 Å². The first-order chi connectivity index (χ1) is 15.9. The summed E-state index contributed by atoms with van der Waals surface area (Å²) in [5, 5.41) is 5.72. The average Bonchev–Trinajstić information content (AvgIpc) is 3.18. The van der Waals surface area contributed by atoms with Crippen LogP contribution in [0.5, 0.6) is 0 Å². The zero-order chi connectivity index (χ0) is 23.4. The molecular formula is C27H25N3O3. The van der Waals surface area contributed by atoms with Gasteiger partial charge in [0.25, 0.3) is 5.91 Å². The van der Waals surface area contributed by atoms with Crippen LogP contribution < -0.4 is 10.6 Å². The monoisotopic (exact) mass is 439 g/mol. The smallest absolute Gasteiger partial charge is 0.252 e. The maximum Gasteiger partial charge on any atom is 0.252 e. The van der Waals surface area contributed by atoms with Gasteiger partial charge in [0.05, 0.1) is 6.54 Å². The van der Waals surface area contributed by atoms with Crippen LogP contribution in [0.2, 0.25) is 0 Å². The molecule has 4 aromatic rings. The molecule has 3 aromatic carbocycles. The van der Waals surface area contributed by atoms with Crippen LogP contribution in [0.4, 0.5) is 5.69 Å². The topological polar surface area (TPSA) is 84.2 Å². The third-order valence-corrected chi connectivity index (χ3v) is 5.35. The second-order valence-corrected chi connectivity index (χ2v) is 7.83. The molecule has 6 heteroatoms. The van der Waals surface area contributed by atoms with E-state index in [1.807, 2.05) is 74.5 Å². The second-order valence-electron chi connectivity index (χ2n) is 7.83. The second kappa shape index (κ2) is 9.53. The highest BCUT2D eigenvalue weighted by atomic mass is 16.4. The van der Waals surface area contributed by atoms with Crippen LogP contribution in [0.25, 0.3) is 22.6 Å². The van der Waals surface area contributed by atoms with E-state index >= 15 is 0 Å². The minimum atomic E-state index is -0.176. The lowest BCUT2D eigenvalue weighted by Crippen LogP contribution is -2.24. The summed E-state index contributed by atoms with van der Waals surface area (Å²) in [6.45, 7) is 5.55. The van der Waals surface area contributed by atoms with Gasteiger partial charge in [0, 0.05) is 23.7 Å². The first-order valence-corrected chi connectivity index (χ1v) is 10.7. The van der Waals surface area contributed by atoms with E-state index < -0.39 is 0 Å². The van der Waals surface area contributed by atoms with Gasteiger partial charge in [0.15, 0.2) is 0 Å². The molecule has 6 nitrogen and oxygen atoms in total. The summed E-state index contributed by atoms with van der Waals surface area (Å²) in [7, 11) is 0. The van der Waals surface area contributed by atoms with Crippen LogP contribution in [0.1, 0.15) is 34.3 Å². The Kier molecular flexibility index (Phi) is 6.36. The molecule has 0 fully saturated rings. The zero-order valence-corrected chi connectivity index (χ0v) is 18.8. The number of rotatable bonds is 6. The lowest BCUT2D eigenvalue weighted by Gasteiger charge is -2.12. The lowest BCUT2D eigenvalue weighted by molar-refractivity contribution is -0.114. The molecule has 4 rings (SSSR count). The molecule has 2 amide bonds. The van der Waals surface area contributed by atoms with Gasteiger partial charge < -0.3 is 15.1 Å². The molecule has 0 aliphatic heterocycles. The molecule has 0 aliphatic rings. The summed E-state index contributed by atoms with van der Waals surface area (Å²) in [6, 6.07) is 22.9. The Bertz CT molecular complexity index is 1320. The molecule has 0 atom stereocenters. The molecule has 0 saturated carbocycles. The summed E-state index contributed by atoms with van der Waals surface area (Å²) >= 11 is 0. The van der Waals surface area contributed by atoms with Crippen molar-refractivity contribution in [1.29, 1.82) is 0 Å². The molecule has 33 heavy (non-hydrogen) atoms. The van der Waals surface area contributed by atoms with Crippen LogP contribution in [0, 0.1) is 13.8 Å². The first-order valence-electron chi connectivity index (χ1n) is 10.7. The van der Waals surface area contributed by atoms with E-state index in [0.29, 0.717) is 28.6 Å². The molecule has 1 aromatic heterocycles. The standard InChI is InChI=1S/C27H25N3O3/c1-17-9-4-5-12-22(17)23-13-6-7-14-24(23)26(32)28-16-25-18(2)33-27(30-25)20-10-8-11-21(15-20)29-19(3)31/h4-15H,16H2,1-3H3,(H,28,32)(H,29,31). The van der Waals surface area contributed by atoms with Gasteiger partial charge >= 0.3 is 0 Å². The van der Waals surface area contributed by atoms with Gasteiger partial charge in [-0.15, -0.1) is 0 Å². The normalized spacial score (nSPS) is 10.6. The van der Waals surface area contributed by atoms with Crippen LogP contribution in [0.3, 0.4) is 0 Å². The van der Waals surface area contributed by atoms with E-state index in [1.165, 1.54) is 6.92 Å². The molecule has 0 spiro atoms.